The lowest BCUT2D eigenvalue weighted by Crippen LogP contribution is -2.52. The van der Waals surface area contributed by atoms with Crippen LogP contribution in [-0.2, 0) is 41.4 Å². The Bertz CT molecular complexity index is 2060. The Balaban J connectivity index is 0.938. The summed E-state index contributed by atoms with van der Waals surface area (Å²) in [5.74, 6) is -0.463. The van der Waals surface area contributed by atoms with Crippen LogP contribution in [0.15, 0.2) is 45.6 Å². The van der Waals surface area contributed by atoms with E-state index in [9.17, 15) is 28.8 Å². The zero-order valence-corrected chi connectivity index (χ0v) is 33.9. The summed E-state index contributed by atoms with van der Waals surface area (Å²) in [6.07, 6.45) is 1.81. The molecule has 5 heterocycles. The van der Waals surface area contributed by atoms with Gasteiger partial charge in [-0.3, -0.25) is 19.5 Å². The molecule has 318 valence electrons. The SMILES string of the molecule is COC(=O)OC(C)OC(=O)CN1CCC(C2CCN(C(=O)[C@@H](Cc3cc(C)c4[nH]c(=O)oc4c3)OC(=O)N3CCC(N4CCc5ccccc5NC4=O)CC3)CC2)CC1. The smallest absolute Gasteiger partial charge is 0.438 e. The molecule has 0 aliphatic carbocycles. The number of nitrogens with zero attached hydrogens (tertiary/aromatic N) is 4. The highest BCUT2D eigenvalue weighted by molar-refractivity contribution is 5.91. The summed E-state index contributed by atoms with van der Waals surface area (Å²) in [6.45, 7) is 7.26. The number of aromatic amines is 1. The Kier molecular flexibility index (Phi) is 13.1. The molecule has 1 aromatic heterocycles. The number of ether oxygens (including phenoxy) is 4. The number of carbonyl (C=O) groups is 5. The molecule has 4 amide bonds. The lowest BCUT2D eigenvalue weighted by Gasteiger charge is -2.41. The van der Waals surface area contributed by atoms with Crippen molar-refractivity contribution in [3.05, 3.63) is 63.6 Å². The molecule has 0 bridgehead atoms. The predicted octanol–water partition coefficient (Wildman–Crippen LogP) is 4.65. The molecule has 4 aliphatic heterocycles. The third-order valence-corrected chi connectivity index (χ3v) is 12.3. The van der Waals surface area contributed by atoms with E-state index in [2.05, 4.69) is 15.0 Å². The Labute approximate surface area is 342 Å². The number of urea groups is 1. The largest absolute Gasteiger partial charge is 0.511 e. The van der Waals surface area contributed by atoms with Gasteiger partial charge in [-0.25, -0.2) is 19.2 Å². The molecular formula is C42H54N6O11. The minimum absolute atomic E-state index is 0.0373. The number of H-pyrrole nitrogens is 1. The fraction of sp³-hybridized carbons (Fsp3) is 0.571. The first-order valence-electron chi connectivity index (χ1n) is 20.6. The van der Waals surface area contributed by atoms with Crippen molar-refractivity contribution in [2.24, 2.45) is 11.8 Å². The fourth-order valence-electron chi connectivity index (χ4n) is 9.09. The van der Waals surface area contributed by atoms with Gasteiger partial charge >= 0.3 is 30.0 Å². The highest BCUT2D eigenvalue weighted by atomic mass is 16.8. The van der Waals surface area contributed by atoms with Gasteiger partial charge in [0, 0.05) is 57.8 Å². The Morgan fingerprint density at radius 1 is 0.847 bits per heavy atom. The summed E-state index contributed by atoms with van der Waals surface area (Å²) in [4.78, 5) is 86.9. The average Bonchev–Trinajstić information content (AvgIpc) is 3.52. The normalized spacial score (nSPS) is 19.6. The quantitative estimate of drug-likeness (QED) is 0.164. The number of aryl methyl sites for hydroxylation is 1. The highest BCUT2D eigenvalue weighted by Gasteiger charge is 2.37. The number of fused-ring (bicyclic) bond motifs is 2. The number of nitrogens with one attached hydrogen (secondary N) is 2. The number of esters is 1. The van der Waals surface area contributed by atoms with E-state index < -0.39 is 36.4 Å². The van der Waals surface area contributed by atoms with Crippen molar-refractivity contribution in [3.63, 3.8) is 0 Å². The van der Waals surface area contributed by atoms with E-state index in [-0.39, 0.29) is 30.9 Å². The Morgan fingerprint density at radius 2 is 1.53 bits per heavy atom. The number of hydrogen-bond acceptors (Lipinski definition) is 12. The van der Waals surface area contributed by atoms with Crippen LogP contribution in [0, 0.1) is 18.8 Å². The maximum Gasteiger partial charge on any atom is 0.511 e. The van der Waals surface area contributed by atoms with E-state index in [0.29, 0.717) is 74.1 Å². The van der Waals surface area contributed by atoms with Crippen LogP contribution in [0.1, 0.15) is 62.1 Å². The van der Waals surface area contributed by atoms with E-state index in [4.69, 9.17) is 18.6 Å². The second-order valence-electron chi connectivity index (χ2n) is 16.0. The molecule has 1 unspecified atom stereocenters. The van der Waals surface area contributed by atoms with Gasteiger partial charge in [-0.05, 0) is 106 Å². The van der Waals surface area contributed by atoms with Gasteiger partial charge in [-0.15, -0.1) is 0 Å². The molecule has 59 heavy (non-hydrogen) atoms. The van der Waals surface area contributed by atoms with E-state index in [1.54, 1.807) is 15.9 Å². The summed E-state index contributed by atoms with van der Waals surface area (Å²) >= 11 is 0. The first-order chi connectivity index (χ1) is 28.4. The van der Waals surface area contributed by atoms with Crippen molar-refractivity contribution in [1.82, 2.24) is 24.6 Å². The Morgan fingerprint density at radius 3 is 2.24 bits per heavy atom. The topological polar surface area (TPSA) is 193 Å². The first kappa shape index (κ1) is 41.6. The molecule has 3 saturated heterocycles. The second kappa shape index (κ2) is 18.6. The third-order valence-electron chi connectivity index (χ3n) is 12.3. The molecule has 2 atom stereocenters. The van der Waals surface area contributed by atoms with Crippen LogP contribution in [0.2, 0.25) is 0 Å². The summed E-state index contributed by atoms with van der Waals surface area (Å²) in [6, 6.07) is 11.2. The molecule has 17 nitrogen and oxygen atoms in total. The number of amides is 4. The van der Waals surface area contributed by atoms with Crippen molar-refractivity contribution >= 4 is 46.9 Å². The van der Waals surface area contributed by atoms with E-state index >= 15 is 0 Å². The molecule has 0 spiro atoms. The predicted molar refractivity (Wildman–Crippen MR) is 214 cm³/mol. The Hall–Kier alpha value is -5.58. The lowest BCUT2D eigenvalue weighted by molar-refractivity contribution is -0.169. The number of rotatable bonds is 10. The number of carbonyl (C=O) groups excluding carboxylic acids is 5. The summed E-state index contributed by atoms with van der Waals surface area (Å²) < 4.78 is 25.9. The van der Waals surface area contributed by atoms with Gasteiger partial charge in [0.1, 0.15) is 0 Å². The van der Waals surface area contributed by atoms with Gasteiger partial charge in [-0.2, -0.15) is 0 Å². The number of oxazole rings is 1. The van der Waals surface area contributed by atoms with Gasteiger partial charge in [0.2, 0.25) is 6.29 Å². The minimum Gasteiger partial charge on any atom is -0.438 e. The van der Waals surface area contributed by atoms with Gasteiger partial charge < -0.3 is 43.4 Å². The maximum absolute atomic E-state index is 14.3. The van der Waals surface area contributed by atoms with Crippen molar-refractivity contribution in [3.8, 4) is 0 Å². The molecule has 4 aliphatic rings. The lowest BCUT2D eigenvalue weighted by atomic mass is 9.78. The first-order valence-corrected chi connectivity index (χ1v) is 20.6. The van der Waals surface area contributed by atoms with Crippen LogP contribution in [0.5, 0.6) is 0 Å². The van der Waals surface area contributed by atoms with Gasteiger partial charge in [-0.1, -0.05) is 24.3 Å². The van der Waals surface area contributed by atoms with Crippen molar-refractivity contribution in [2.75, 3.05) is 64.8 Å². The summed E-state index contributed by atoms with van der Waals surface area (Å²) in [5, 5.41) is 3.03. The molecule has 0 saturated carbocycles. The number of methoxy groups -OCH3 is 1. The zero-order chi connectivity index (χ0) is 41.6. The molecule has 2 N–H and O–H groups in total. The monoisotopic (exact) mass is 818 g/mol. The standard InChI is InChI=1S/C42H54N6O11/c1-26-22-28(23-34-37(26)44-40(52)58-34)24-35(59-41(53)47-19-13-32(14-20-47)48-21-12-31-6-4-5-7-33(31)43-39(48)51)38(50)46-17-10-30(11-18-46)29-8-15-45(16-9-29)25-36(49)56-27(2)57-42(54)55-3/h4-7,22-23,27,29-30,32,35H,8-21,24-25H2,1-3H3,(H,43,51)(H,44,52)/t27?,35-/m1/s1. The molecule has 17 heteroatoms. The van der Waals surface area contributed by atoms with Crippen LogP contribution in [0.25, 0.3) is 11.1 Å². The van der Waals surface area contributed by atoms with Crippen LogP contribution in [-0.4, -0.2) is 133 Å². The molecule has 7 rings (SSSR count). The van der Waals surface area contributed by atoms with E-state index in [1.807, 2.05) is 47.1 Å². The number of benzene rings is 2. The third kappa shape index (κ3) is 10.2. The number of anilines is 1. The van der Waals surface area contributed by atoms with Crippen LogP contribution < -0.4 is 11.1 Å². The van der Waals surface area contributed by atoms with Gasteiger partial charge in [0.15, 0.2) is 11.7 Å². The average molecular weight is 819 g/mol. The summed E-state index contributed by atoms with van der Waals surface area (Å²) in [5.41, 5.74) is 4.35. The van der Waals surface area contributed by atoms with Crippen molar-refractivity contribution < 1.29 is 47.3 Å². The van der Waals surface area contributed by atoms with Gasteiger partial charge in [0.05, 0.1) is 19.2 Å². The number of likely N-dealkylation sites (tertiary alicyclic amines) is 3. The van der Waals surface area contributed by atoms with Crippen LogP contribution in [0.3, 0.4) is 0 Å². The zero-order valence-electron chi connectivity index (χ0n) is 33.9. The molecule has 3 aromatic rings. The highest BCUT2D eigenvalue weighted by Crippen LogP contribution is 2.33. The number of para-hydroxylation sites is 1. The van der Waals surface area contributed by atoms with Crippen LogP contribution in [0.4, 0.5) is 20.1 Å². The van der Waals surface area contributed by atoms with Crippen molar-refractivity contribution in [1.29, 1.82) is 0 Å². The number of piperidine rings is 3. The molecular weight excluding hydrogens is 764 g/mol. The molecule has 3 fully saturated rings. The minimum atomic E-state index is -1.10. The van der Waals surface area contributed by atoms with Crippen LogP contribution >= 0.6 is 0 Å². The van der Waals surface area contributed by atoms with Gasteiger partial charge in [0.25, 0.3) is 5.91 Å². The van der Waals surface area contributed by atoms with Crippen molar-refractivity contribution in [2.45, 2.75) is 83.6 Å². The molecule has 2 aromatic carbocycles. The van der Waals surface area contributed by atoms with E-state index in [1.165, 1.54) is 14.0 Å². The summed E-state index contributed by atoms with van der Waals surface area (Å²) in [7, 11) is 1.18. The second-order valence-corrected chi connectivity index (χ2v) is 16.0. The number of hydrogen-bond donors (Lipinski definition) is 2. The maximum atomic E-state index is 14.3. The molecule has 0 radical (unpaired) electrons. The van der Waals surface area contributed by atoms with E-state index in [0.717, 1.165) is 62.0 Å². The number of aromatic nitrogens is 1. The fourth-order valence-corrected chi connectivity index (χ4v) is 9.09.